The first-order valence-corrected chi connectivity index (χ1v) is 11.2. The zero-order valence-electron chi connectivity index (χ0n) is 18.6. The number of allylic oxidation sites excluding steroid dienone is 1. The molecule has 0 bridgehead atoms. The first kappa shape index (κ1) is 25.8. The summed E-state index contributed by atoms with van der Waals surface area (Å²) < 4.78 is 45.4. The Bertz CT molecular complexity index is 1210. The molecule has 0 fully saturated rings. The SMILES string of the molecule is C=CCn1c(CC(=O)Nc2cccc(C(F)(F)F)c2)nnc1SCC(=O)Nc1cccc(OC)c1. The monoisotopic (exact) mass is 505 g/mol. The molecule has 1 aromatic heterocycles. The molecule has 2 amide bonds. The van der Waals surface area contributed by atoms with Gasteiger partial charge in [0.1, 0.15) is 11.6 Å². The molecule has 0 aliphatic heterocycles. The standard InChI is InChI=1S/C23H22F3N5O3S/c1-3-10-31-19(13-20(32)27-16-7-4-6-15(11-16)23(24,25)26)29-30-22(31)35-14-21(33)28-17-8-5-9-18(12-17)34-2/h3-9,11-12H,1,10,13-14H2,2H3,(H,27,32)(H,28,33). The Morgan fingerprint density at radius 3 is 2.46 bits per heavy atom. The predicted octanol–water partition coefficient (Wildman–Crippen LogP) is 4.40. The maximum atomic E-state index is 12.9. The molecule has 0 saturated heterocycles. The minimum Gasteiger partial charge on any atom is -0.497 e. The number of methoxy groups -OCH3 is 1. The highest BCUT2D eigenvalue weighted by Gasteiger charge is 2.30. The van der Waals surface area contributed by atoms with Crippen LogP contribution in [0.2, 0.25) is 0 Å². The number of thioether (sulfide) groups is 1. The first-order valence-electron chi connectivity index (χ1n) is 10.3. The number of anilines is 2. The van der Waals surface area contributed by atoms with E-state index < -0.39 is 17.6 Å². The van der Waals surface area contributed by atoms with E-state index in [0.717, 1.165) is 23.9 Å². The molecule has 1 heterocycles. The van der Waals surface area contributed by atoms with Gasteiger partial charge in [-0.05, 0) is 30.3 Å². The largest absolute Gasteiger partial charge is 0.497 e. The molecule has 8 nitrogen and oxygen atoms in total. The Hall–Kier alpha value is -3.80. The van der Waals surface area contributed by atoms with Gasteiger partial charge >= 0.3 is 6.18 Å². The van der Waals surface area contributed by atoms with Crippen LogP contribution in [-0.2, 0) is 28.7 Å². The lowest BCUT2D eigenvalue weighted by Gasteiger charge is -2.11. The second kappa shape index (κ2) is 11.6. The van der Waals surface area contributed by atoms with E-state index in [9.17, 15) is 22.8 Å². The summed E-state index contributed by atoms with van der Waals surface area (Å²) in [6.45, 7) is 3.96. The van der Waals surface area contributed by atoms with Crippen LogP contribution in [-0.4, -0.2) is 39.4 Å². The highest BCUT2D eigenvalue weighted by molar-refractivity contribution is 7.99. The van der Waals surface area contributed by atoms with Gasteiger partial charge in [0.2, 0.25) is 11.8 Å². The predicted molar refractivity (Wildman–Crippen MR) is 126 cm³/mol. The van der Waals surface area contributed by atoms with Crippen LogP contribution < -0.4 is 15.4 Å². The maximum Gasteiger partial charge on any atom is 0.416 e. The quantitative estimate of drug-likeness (QED) is 0.313. The number of ether oxygens (including phenoxy) is 1. The van der Waals surface area contributed by atoms with Gasteiger partial charge in [-0.2, -0.15) is 13.2 Å². The van der Waals surface area contributed by atoms with Crippen LogP contribution in [0.3, 0.4) is 0 Å². The second-order valence-electron chi connectivity index (χ2n) is 7.17. The van der Waals surface area contributed by atoms with E-state index in [1.54, 1.807) is 34.9 Å². The summed E-state index contributed by atoms with van der Waals surface area (Å²) in [6, 6.07) is 11.3. The fourth-order valence-electron chi connectivity index (χ4n) is 3.02. The molecule has 184 valence electrons. The van der Waals surface area contributed by atoms with E-state index in [-0.39, 0.29) is 36.1 Å². The van der Waals surface area contributed by atoms with E-state index in [0.29, 0.717) is 16.6 Å². The van der Waals surface area contributed by atoms with Gasteiger partial charge in [0.15, 0.2) is 5.16 Å². The summed E-state index contributed by atoms with van der Waals surface area (Å²) in [7, 11) is 1.53. The lowest BCUT2D eigenvalue weighted by atomic mass is 10.2. The summed E-state index contributed by atoms with van der Waals surface area (Å²) in [5.41, 5.74) is -0.270. The minimum atomic E-state index is -4.52. The van der Waals surface area contributed by atoms with Crippen molar-refractivity contribution in [2.75, 3.05) is 23.5 Å². The number of nitrogens with one attached hydrogen (secondary N) is 2. The summed E-state index contributed by atoms with van der Waals surface area (Å²) in [5, 5.41) is 13.7. The summed E-state index contributed by atoms with van der Waals surface area (Å²) in [4.78, 5) is 24.8. The molecule has 0 atom stereocenters. The van der Waals surface area contributed by atoms with Crippen LogP contribution in [0, 0.1) is 0 Å². The topological polar surface area (TPSA) is 98.1 Å². The Balaban J connectivity index is 1.63. The summed E-state index contributed by atoms with van der Waals surface area (Å²) in [5.74, 6) is 0.0806. The van der Waals surface area contributed by atoms with E-state index in [1.165, 1.54) is 19.2 Å². The van der Waals surface area contributed by atoms with Gasteiger partial charge < -0.3 is 19.9 Å². The number of hydrogen-bond donors (Lipinski definition) is 2. The van der Waals surface area contributed by atoms with Gasteiger partial charge in [-0.25, -0.2) is 0 Å². The smallest absolute Gasteiger partial charge is 0.416 e. The first-order chi connectivity index (χ1) is 16.7. The van der Waals surface area contributed by atoms with Crippen molar-refractivity contribution in [1.29, 1.82) is 0 Å². The Morgan fingerprint density at radius 1 is 1.09 bits per heavy atom. The van der Waals surface area contributed by atoms with Crippen molar-refractivity contribution in [2.24, 2.45) is 0 Å². The molecule has 12 heteroatoms. The number of alkyl halides is 3. The Morgan fingerprint density at radius 2 is 1.77 bits per heavy atom. The van der Waals surface area contributed by atoms with E-state index >= 15 is 0 Å². The fraction of sp³-hybridized carbons (Fsp3) is 0.217. The van der Waals surface area contributed by atoms with Crippen LogP contribution in [0.25, 0.3) is 0 Å². The molecule has 0 spiro atoms. The lowest BCUT2D eigenvalue weighted by molar-refractivity contribution is -0.137. The molecule has 35 heavy (non-hydrogen) atoms. The zero-order chi connectivity index (χ0) is 25.4. The molecule has 3 rings (SSSR count). The van der Waals surface area contributed by atoms with Crippen LogP contribution >= 0.6 is 11.8 Å². The van der Waals surface area contributed by atoms with Crippen molar-refractivity contribution in [2.45, 2.75) is 24.3 Å². The average molecular weight is 506 g/mol. The number of benzene rings is 2. The maximum absolute atomic E-state index is 12.9. The third kappa shape index (κ3) is 7.34. The average Bonchev–Trinajstić information content (AvgIpc) is 3.18. The highest BCUT2D eigenvalue weighted by atomic mass is 32.2. The molecular weight excluding hydrogens is 483 g/mol. The molecule has 0 saturated carbocycles. The van der Waals surface area contributed by atoms with Crippen LogP contribution in [0.15, 0.2) is 66.3 Å². The molecule has 0 aliphatic carbocycles. The lowest BCUT2D eigenvalue weighted by Crippen LogP contribution is -2.18. The Labute approximate surface area is 203 Å². The zero-order valence-corrected chi connectivity index (χ0v) is 19.4. The number of rotatable bonds is 10. The minimum absolute atomic E-state index is 0.0171. The third-order valence-corrected chi connectivity index (χ3v) is 5.55. The van der Waals surface area contributed by atoms with Crippen molar-refractivity contribution in [3.05, 3.63) is 72.6 Å². The van der Waals surface area contributed by atoms with E-state index in [2.05, 4.69) is 27.4 Å². The molecule has 0 unspecified atom stereocenters. The van der Waals surface area contributed by atoms with Crippen molar-refractivity contribution >= 4 is 35.0 Å². The Kier molecular flexibility index (Phi) is 8.53. The van der Waals surface area contributed by atoms with Crippen LogP contribution in [0.1, 0.15) is 11.4 Å². The summed E-state index contributed by atoms with van der Waals surface area (Å²) >= 11 is 1.12. The van der Waals surface area contributed by atoms with Crippen molar-refractivity contribution < 1.29 is 27.5 Å². The van der Waals surface area contributed by atoms with Crippen molar-refractivity contribution in [3.63, 3.8) is 0 Å². The number of carbonyl (C=O) groups excluding carboxylic acids is 2. The number of hydrogen-bond acceptors (Lipinski definition) is 6. The van der Waals surface area contributed by atoms with Crippen LogP contribution in [0.5, 0.6) is 5.75 Å². The summed E-state index contributed by atoms with van der Waals surface area (Å²) in [6.07, 6.45) is -3.17. The third-order valence-electron chi connectivity index (χ3n) is 4.58. The van der Waals surface area contributed by atoms with Gasteiger partial charge in [-0.1, -0.05) is 30.0 Å². The number of aromatic nitrogens is 3. The molecule has 2 N–H and O–H groups in total. The highest BCUT2D eigenvalue weighted by Crippen LogP contribution is 2.30. The van der Waals surface area contributed by atoms with Gasteiger partial charge in [-0.15, -0.1) is 16.8 Å². The fourth-order valence-corrected chi connectivity index (χ4v) is 3.79. The molecular formula is C23H22F3N5O3S. The van der Waals surface area contributed by atoms with E-state index in [4.69, 9.17) is 4.74 Å². The number of amides is 2. The number of nitrogens with zero attached hydrogens (tertiary/aromatic N) is 3. The molecule has 0 radical (unpaired) electrons. The van der Waals surface area contributed by atoms with Gasteiger partial charge in [0, 0.05) is 24.0 Å². The van der Waals surface area contributed by atoms with Gasteiger partial charge in [0.25, 0.3) is 0 Å². The van der Waals surface area contributed by atoms with Gasteiger partial charge in [-0.3, -0.25) is 9.59 Å². The normalized spacial score (nSPS) is 11.1. The van der Waals surface area contributed by atoms with Gasteiger partial charge in [0.05, 0.1) is 24.8 Å². The molecule has 0 aliphatic rings. The van der Waals surface area contributed by atoms with Crippen molar-refractivity contribution in [3.8, 4) is 5.75 Å². The van der Waals surface area contributed by atoms with Crippen LogP contribution in [0.4, 0.5) is 24.5 Å². The second-order valence-corrected chi connectivity index (χ2v) is 8.11. The van der Waals surface area contributed by atoms with E-state index in [1.807, 2.05) is 0 Å². The molecule has 2 aromatic carbocycles. The van der Waals surface area contributed by atoms with Crippen molar-refractivity contribution in [1.82, 2.24) is 14.8 Å². The molecule has 3 aromatic rings. The number of halogens is 3. The number of carbonyl (C=O) groups is 2.